The summed E-state index contributed by atoms with van der Waals surface area (Å²) in [5.74, 6) is -0.909. The number of carbonyl (C=O) groups is 1. The second-order valence-corrected chi connectivity index (χ2v) is 4.53. The lowest BCUT2D eigenvalue weighted by Gasteiger charge is -1.98. The van der Waals surface area contributed by atoms with Crippen LogP contribution < -0.4 is 0 Å². The molecule has 0 aliphatic heterocycles. The standard InChI is InChI=1S/C9H10N4O2S/c1-5-6(2)16-9(11-5)13-7(3-8(14)15)4-10-12-13/h4H,3H2,1-2H3,(H,14,15). The molecule has 7 heteroatoms. The van der Waals surface area contributed by atoms with E-state index >= 15 is 0 Å². The quantitative estimate of drug-likeness (QED) is 0.861. The van der Waals surface area contributed by atoms with E-state index in [2.05, 4.69) is 15.3 Å². The summed E-state index contributed by atoms with van der Waals surface area (Å²) in [7, 11) is 0. The van der Waals surface area contributed by atoms with Crippen molar-refractivity contribution in [1.29, 1.82) is 0 Å². The number of hydrogen-bond acceptors (Lipinski definition) is 5. The average Bonchev–Trinajstić information content (AvgIpc) is 2.74. The number of aliphatic carboxylic acids is 1. The first-order valence-corrected chi connectivity index (χ1v) is 5.45. The molecule has 0 aromatic carbocycles. The Bertz CT molecular complexity index is 512. The van der Waals surface area contributed by atoms with Gasteiger partial charge in [0.05, 0.1) is 24.0 Å². The van der Waals surface area contributed by atoms with E-state index in [1.165, 1.54) is 22.2 Å². The minimum Gasteiger partial charge on any atom is -0.481 e. The van der Waals surface area contributed by atoms with Gasteiger partial charge in [0.15, 0.2) is 0 Å². The second-order valence-electron chi connectivity index (χ2n) is 3.35. The summed E-state index contributed by atoms with van der Waals surface area (Å²) >= 11 is 1.47. The fraction of sp³-hybridized carbons (Fsp3) is 0.333. The summed E-state index contributed by atoms with van der Waals surface area (Å²) < 4.78 is 1.47. The van der Waals surface area contributed by atoms with Gasteiger partial charge >= 0.3 is 5.97 Å². The van der Waals surface area contributed by atoms with Gasteiger partial charge in [0.1, 0.15) is 0 Å². The van der Waals surface area contributed by atoms with Crippen molar-refractivity contribution in [2.75, 3.05) is 0 Å². The van der Waals surface area contributed by atoms with E-state index in [1.54, 1.807) is 0 Å². The highest BCUT2D eigenvalue weighted by atomic mass is 32.1. The van der Waals surface area contributed by atoms with E-state index in [0.717, 1.165) is 10.6 Å². The predicted octanol–water partition coefficient (Wildman–Crippen LogP) is 0.968. The summed E-state index contributed by atoms with van der Waals surface area (Å²) in [5, 5.41) is 16.9. The van der Waals surface area contributed by atoms with Crippen molar-refractivity contribution in [1.82, 2.24) is 20.0 Å². The Morgan fingerprint density at radius 3 is 2.88 bits per heavy atom. The first kappa shape index (κ1) is 10.7. The molecule has 0 unspecified atom stereocenters. The highest BCUT2D eigenvalue weighted by Gasteiger charge is 2.13. The van der Waals surface area contributed by atoms with E-state index in [0.29, 0.717) is 10.8 Å². The van der Waals surface area contributed by atoms with Gasteiger partial charge in [-0.1, -0.05) is 16.6 Å². The topological polar surface area (TPSA) is 80.9 Å². The van der Waals surface area contributed by atoms with Crippen LogP contribution in [0.3, 0.4) is 0 Å². The van der Waals surface area contributed by atoms with Crippen molar-refractivity contribution < 1.29 is 9.90 Å². The Kier molecular flexibility index (Phi) is 2.69. The summed E-state index contributed by atoms with van der Waals surface area (Å²) in [4.78, 5) is 16.0. The lowest BCUT2D eigenvalue weighted by atomic mass is 10.3. The highest BCUT2D eigenvalue weighted by Crippen LogP contribution is 2.20. The number of rotatable bonds is 3. The van der Waals surface area contributed by atoms with Gasteiger partial charge in [0, 0.05) is 4.88 Å². The Morgan fingerprint density at radius 1 is 1.56 bits per heavy atom. The minimum atomic E-state index is -0.909. The van der Waals surface area contributed by atoms with Crippen LogP contribution in [0.4, 0.5) is 0 Å². The summed E-state index contributed by atoms with van der Waals surface area (Å²) in [6.07, 6.45) is 1.34. The fourth-order valence-electron chi connectivity index (χ4n) is 1.24. The number of carboxylic acid groups (broad SMARTS) is 1. The molecule has 0 saturated carbocycles. The molecule has 2 heterocycles. The second kappa shape index (κ2) is 4.01. The Balaban J connectivity index is 2.40. The number of nitrogens with zero attached hydrogens (tertiary/aromatic N) is 4. The van der Waals surface area contributed by atoms with Crippen LogP contribution in [0.1, 0.15) is 16.3 Å². The van der Waals surface area contributed by atoms with Crippen LogP contribution in [0.25, 0.3) is 5.13 Å². The maximum atomic E-state index is 10.6. The van der Waals surface area contributed by atoms with Gasteiger partial charge < -0.3 is 5.11 Å². The first-order valence-electron chi connectivity index (χ1n) is 4.63. The van der Waals surface area contributed by atoms with Crippen molar-refractivity contribution in [3.63, 3.8) is 0 Å². The first-order chi connectivity index (χ1) is 7.58. The molecular formula is C9H10N4O2S. The molecule has 6 nitrogen and oxygen atoms in total. The van der Waals surface area contributed by atoms with Crippen LogP contribution in [-0.4, -0.2) is 31.1 Å². The maximum absolute atomic E-state index is 10.6. The highest BCUT2D eigenvalue weighted by molar-refractivity contribution is 7.14. The summed E-state index contributed by atoms with van der Waals surface area (Å²) in [6, 6.07) is 0. The van der Waals surface area contributed by atoms with Gasteiger partial charge in [-0.25, -0.2) is 4.98 Å². The average molecular weight is 238 g/mol. The zero-order valence-corrected chi connectivity index (χ0v) is 9.65. The Morgan fingerprint density at radius 2 is 2.31 bits per heavy atom. The Labute approximate surface area is 95.6 Å². The lowest BCUT2D eigenvalue weighted by Crippen LogP contribution is -2.07. The van der Waals surface area contributed by atoms with Gasteiger partial charge in [-0.2, -0.15) is 4.68 Å². The van der Waals surface area contributed by atoms with E-state index in [4.69, 9.17) is 5.11 Å². The molecule has 0 fully saturated rings. The number of aryl methyl sites for hydroxylation is 2. The molecule has 0 spiro atoms. The van der Waals surface area contributed by atoms with Crippen molar-refractivity contribution in [3.05, 3.63) is 22.5 Å². The molecule has 0 saturated heterocycles. The smallest absolute Gasteiger partial charge is 0.309 e. The molecular weight excluding hydrogens is 228 g/mol. The van der Waals surface area contributed by atoms with Gasteiger partial charge in [-0.15, -0.1) is 5.10 Å². The monoisotopic (exact) mass is 238 g/mol. The number of hydrogen-bond donors (Lipinski definition) is 1. The molecule has 0 aliphatic rings. The predicted molar refractivity (Wildman–Crippen MR) is 57.8 cm³/mol. The number of aromatic nitrogens is 4. The molecule has 0 aliphatic carbocycles. The van der Waals surface area contributed by atoms with Gasteiger partial charge in [0.25, 0.3) is 0 Å². The van der Waals surface area contributed by atoms with E-state index in [-0.39, 0.29) is 6.42 Å². The van der Waals surface area contributed by atoms with Crippen LogP contribution in [0.15, 0.2) is 6.20 Å². The van der Waals surface area contributed by atoms with Gasteiger partial charge in [-0.05, 0) is 13.8 Å². The molecule has 1 N–H and O–H groups in total. The summed E-state index contributed by atoms with van der Waals surface area (Å²) in [6.45, 7) is 3.87. The molecule has 2 rings (SSSR count). The van der Waals surface area contributed by atoms with Crippen LogP contribution in [-0.2, 0) is 11.2 Å². The maximum Gasteiger partial charge on any atom is 0.309 e. The summed E-state index contributed by atoms with van der Waals surface area (Å²) in [5.41, 5.74) is 1.46. The lowest BCUT2D eigenvalue weighted by molar-refractivity contribution is -0.136. The SMILES string of the molecule is Cc1nc(-n2nncc2CC(=O)O)sc1C. The minimum absolute atomic E-state index is 0.106. The molecule has 0 bridgehead atoms. The van der Waals surface area contributed by atoms with Gasteiger partial charge in [-0.3, -0.25) is 4.79 Å². The molecule has 0 amide bonds. The largest absolute Gasteiger partial charge is 0.481 e. The third kappa shape index (κ3) is 1.94. The molecule has 0 radical (unpaired) electrons. The van der Waals surface area contributed by atoms with Crippen molar-refractivity contribution in [2.24, 2.45) is 0 Å². The zero-order chi connectivity index (χ0) is 11.7. The van der Waals surface area contributed by atoms with E-state index in [9.17, 15) is 4.79 Å². The molecule has 16 heavy (non-hydrogen) atoms. The van der Waals surface area contributed by atoms with Crippen LogP contribution >= 0.6 is 11.3 Å². The molecule has 2 aromatic rings. The van der Waals surface area contributed by atoms with E-state index < -0.39 is 5.97 Å². The Hall–Kier alpha value is -1.76. The van der Waals surface area contributed by atoms with Crippen LogP contribution in [0.5, 0.6) is 0 Å². The van der Waals surface area contributed by atoms with Gasteiger partial charge in [0.2, 0.25) is 5.13 Å². The van der Waals surface area contributed by atoms with Crippen molar-refractivity contribution in [3.8, 4) is 5.13 Å². The van der Waals surface area contributed by atoms with Crippen molar-refractivity contribution in [2.45, 2.75) is 20.3 Å². The van der Waals surface area contributed by atoms with Crippen LogP contribution in [0.2, 0.25) is 0 Å². The zero-order valence-electron chi connectivity index (χ0n) is 8.84. The van der Waals surface area contributed by atoms with Crippen LogP contribution in [0, 0.1) is 13.8 Å². The fourth-order valence-corrected chi connectivity index (χ4v) is 2.13. The third-order valence-corrected chi connectivity index (χ3v) is 3.20. The van der Waals surface area contributed by atoms with E-state index in [1.807, 2.05) is 13.8 Å². The molecule has 0 atom stereocenters. The molecule has 2 aromatic heterocycles. The third-order valence-electron chi connectivity index (χ3n) is 2.15. The number of carboxylic acids is 1. The van der Waals surface area contributed by atoms with Crippen molar-refractivity contribution >= 4 is 17.3 Å². The molecule has 84 valence electrons. The normalized spacial score (nSPS) is 10.6. The number of thiazole rings is 1.